The molecule has 0 amide bonds. The molecule has 0 bridgehead atoms. The summed E-state index contributed by atoms with van der Waals surface area (Å²) in [4.78, 5) is 12.2. The number of anilines is 1. The largest absolute Gasteiger partial charge is 0.399 e. The summed E-state index contributed by atoms with van der Waals surface area (Å²) in [5, 5.41) is 0.771. The Kier molecular flexibility index (Phi) is 3.95. The van der Waals surface area contributed by atoms with Crippen molar-refractivity contribution in [2.24, 2.45) is 0 Å². The lowest BCUT2D eigenvalue weighted by atomic mass is 10.0. The van der Waals surface area contributed by atoms with Crippen molar-refractivity contribution in [2.75, 3.05) is 5.73 Å². The van der Waals surface area contributed by atoms with Gasteiger partial charge in [0.05, 0.1) is 10.0 Å². The molecular weight excluding hydrogens is 337 g/mol. The first kappa shape index (κ1) is 13.4. The first-order valence-corrected chi connectivity index (χ1v) is 6.58. The van der Waals surface area contributed by atoms with E-state index in [4.69, 9.17) is 28.9 Å². The van der Waals surface area contributed by atoms with Gasteiger partial charge in [-0.2, -0.15) is 0 Å². The maximum absolute atomic E-state index is 12.2. The lowest BCUT2D eigenvalue weighted by molar-refractivity contribution is 0.103. The van der Waals surface area contributed by atoms with E-state index in [9.17, 15) is 4.79 Å². The molecule has 0 saturated carbocycles. The monoisotopic (exact) mass is 343 g/mol. The Morgan fingerprint density at radius 2 is 1.72 bits per heavy atom. The van der Waals surface area contributed by atoms with Crippen LogP contribution in [-0.2, 0) is 0 Å². The number of benzene rings is 2. The predicted molar refractivity (Wildman–Crippen MR) is 78.4 cm³/mol. The van der Waals surface area contributed by atoms with Crippen LogP contribution < -0.4 is 5.73 Å². The fraction of sp³-hybridized carbons (Fsp3) is 0. The predicted octanol–water partition coefficient (Wildman–Crippen LogP) is 4.57. The summed E-state index contributed by atoms with van der Waals surface area (Å²) in [5.41, 5.74) is 7.20. The van der Waals surface area contributed by atoms with Crippen LogP contribution in [0.5, 0.6) is 0 Å². The van der Waals surface area contributed by atoms with Crippen LogP contribution in [0, 0.1) is 0 Å². The van der Waals surface area contributed by atoms with Gasteiger partial charge in [-0.25, -0.2) is 0 Å². The summed E-state index contributed by atoms with van der Waals surface area (Å²) in [6, 6.07) is 9.83. The van der Waals surface area contributed by atoms with Gasteiger partial charge in [0.15, 0.2) is 5.78 Å². The minimum Gasteiger partial charge on any atom is -0.399 e. The lowest BCUT2D eigenvalue weighted by Gasteiger charge is -2.05. The van der Waals surface area contributed by atoms with Crippen molar-refractivity contribution < 1.29 is 4.79 Å². The molecule has 0 unspecified atom stereocenters. The second-order valence-electron chi connectivity index (χ2n) is 3.73. The zero-order valence-corrected chi connectivity index (χ0v) is 12.2. The third kappa shape index (κ3) is 2.86. The highest BCUT2D eigenvalue weighted by Crippen LogP contribution is 2.25. The highest BCUT2D eigenvalue weighted by atomic mass is 79.9. The second kappa shape index (κ2) is 5.31. The van der Waals surface area contributed by atoms with Gasteiger partial charge in [0.25, 0.3) is 0 Å². The summed E-state index contributed by atoms with van der Waals surface area (Å²) < 4.78 is 0.755. The molecule has 0 atom stereocenters. The molecule has 2 rings (SSSR count). The Morgan fingerprint density at radius 1 is 1.00 bits per heavy atom. The van der Waals surface area contributed by atoms with E-state index >= 15 is 0 Å². The Labute approximate surface area is 123 Å². The number of ketones is 1. The van der Waals surface area contributed by atoms with Crippen molar-refractivity contribution >= 4 is 50.6 Å². The van der Waals surface area contributed by atoms with E-state index < -0.39 is 0 Å². The van der Waals surface area contributed by atoms with E-state index in [1.807, 2.05) is 0 Å². The molecular formula is C13H8BrCl2NO. The van der Waals surface area contributed by atoms with Gasteiger partial charge < -0.3 is 5.73 Å². The van der Waals surface area contributed by atoms with Crippen molar-refractivity contribution in [3.63, 3.8) is 0 Å². The Hall–Kier alpha value is -1.03. The van der Waals surface area contributed by atoms with Crippen molar-refractivity contribution in [2.45, 2.75) is 0 Å². The summed E-state index contributed by atoms with van der Waals surface area (Å²) >= 11 is 15.0. The van der Waals surface area contributed by atoms with Gasteiger partial charge in [-0.15, -0.1) is 0 Å². The third-order valence-electron chi connectivity index (χ3n) is 2.36. The molecule has 0 fully saturated rings. The molecule has 2 aromatic carbocycles. The number of hydrogen-bond donors (Lipinski definition) is 1. The standard InChI is InChI=1S/C13H8BrCl2NO/c14-9-3-8(4-10(17)6-9)13(18)7-1-2-11(15)12(16)5-7/h1-6H,17H2. The maximum Gasteiger partial charge on any atom is 0.193 e. The Balaban J connectivity index is 2.44. The van der Waals surface area contributed by atoms with Crippen molar-refractivity contribution in [3.8, 4) is 0 Å². The quantitative estimate of drug-likeness (QED) is 0.640. The normalized spacial score (nSPS) is 10.4. The molecule has 0 saturated heterocycles. The second-order valence-corrected chi connectivity index (χ2v) is 5.46. The molecule has 2 nitrogen and oxygen atoms in total. The van der Waals surface area contributed by atoms with Crippen LogP contribution in [0.15, 0.2) is 40.9 Å². The number of halogens is 3. The molecule has 0 radical (unpaired) electrons. The highest BCUT2D eigenvalue weighted by Gasteiger charge is 2.12. The van der Waals surface area contributed by atoms with E-state index in [1.54, 1.807) is 36.4 Å². The van der Waals surface area contributed by atoms with E-state index in [-0.39, 0.29) is 5.78 Å². The molecule has 0 aliphatic rings. The highest BCUT2D eigenvalue weighted by molar-refractivity contribution is 9.10. The van der Waals surface area contributed by atoms with Gasteiger partial charge in [-0.05, 0) is 36.4 Å². The minimum absolute atomic E-state index is 0.151. The van der Waals surface area contributed by atoms with Gasteiger partial charge in [0.1, 0.15) is 0 Å². The number of carbonyl (C=O) groups excluding carboxylic acids is 1. The first-order valence-electron chi connectivity index (χ1n) is 5.03. The van der Waals surface area contributed by atoms with Gasteiger partial charge in [-0.1, -0.05) is 39.1 Å². The molecule has 5 heteroatoms. The molecule has 0 aromatic heterocycles. The minimum atomic E-state index is -0.151. The third-order valence-corrected chi connectivity index (χ3v) is 3.56. The molecule has 2 aromatic rings. The zero-order chi connectivity index (χ0) is 13.3. The average molecular weight is 345 g/mol. The van der Waals surface area contributed by atoms with Crippen molar-refractivity contribution in [1.82, 2.24) is 0 Å². The van der Waals surface area contributed by atoms with Crippen LogP contribution in [0.1, 0.15) is 15.9 Å². The average Bonchev–Trinajstić information content (AvgIpc) is 2.30. The first-order chi connectivity index (χ1) is 8.47. The molecule has 0 heterocycles. The Morgan fingerprint density at radius 3 is 2.33 bits per heavy atom. The number of carbonyl (C=O) groups is 1. The summed E-state index contributed by atoms with van der Waals surface area (Å²) in [6.45, 7) is 0. The van der Waals surface area contributed by atoms with Crippen LogP contribution in [-0.4, -0.2) is 5.78 Å². The van der Waals surface area contributed by atoms with E-state index in [0.29, 0.717) is 26.9 Å². The van der Waals surface area contributed by atoms with Gasteiger partial charge in [0, 0.05) is 21.3 Å². The summed E-state index contributed by atoms with van der Waals surface area (Å²) in [5.74, 6) is -0.151. The van der Waals surface area contributed by atoms with E-state index in [1.165, 1.54) is 0 Å². The topological polar surface area (TPSA) is 43.1 Å². The van der Waals surface area contributed by atoms with Crippen LogP contribution in [0.25, 0.3) is 0 Å². The fourth-order valence-electron chi connectivity index (χ4n) is 1.55. The zero-order valence-electron chi connectivity index (χ0n) is 9.08. The number of nitrogen functional groups attached to an aromatic ring is 1. The van der Waals surface area contributed by atoms with Crippen LogP contribution >= 0.6 is 39.1 Å². The fourth-order valence-corrected chi connectivity index (χ4v) is 2.36. The summed E-state index contributed by atoms with van der Waals surface area (Å²) in [6.07, 6.45) is 0. The number of nitrogens with two attached hydrogens (primary N) is 1. The smallest absolute Gasteiger partial charge is 0.193 e. The van der Waals surface area contributed by atoms with Crippen molar-refractivity contribution in [1.29, 1.82) is 0 Å². The van der Waals surface area contributed by atoms with E-state index in [0.717, 1.165) is 4.47 Å². The molecule has 18 heavy (non-hydrogen) atoms. The summed E-state index contributed by atoms with van der Waals surface area (Å²) in [7, 11) is 0. The Bertz CT molecular complexity index is 608. The molecule has 0 aliphatic carbocycles. The number of rotatable bonds is 2. The number of hydrogen-bond acceptors (Lipinski definition) is 2. The lowest BCUT2D eigenvalue weighted by Crippen LogP contribution is -2.02. The van der Waals surface area contributed by atoms with Crippen LogP contribution in [0.2, 0.25) is 10.0 Å². The molecule has 92 valence electrons. The van der Waals surface area contributed by atoms with Gasteiger partial charge in [0.2, 0.25) is 0 Å². The van der Waals surface area contributed by atoms with Crippen LogP contribution in [0.3, 0.4) is 0 Å². The maximum atomic E-state index is 12.2. The van der Waals surface area contributed by atoms with Crippen molar-refractivity contribution in [3.05, 3.63) is 62.0 Å². The van der Waals surface area contributed by atoms with Gasteiger partial charge >= 0.3 is 0 Å². The van der Waals surface area contributed by atoms with Crippen LogP contribution in [0.4, 0.5) is 5.69 Å². The molecule has 2 N–H and O–H groups in total. The van der Waals surface area contributed by atoms with Gasteiger partial charge in [-0.3, -0.25) is 4.79 Å². The SMILES string of the molecule is Nc1cc(Br)cc(C(=O)c2ccc(Cl)c(Cl)c2)c1. The van der Waals surface area contributed by atoms with E-state index in [2.05, 4.69) is 15.9 Å². The molecule has 0 spiro atoms. The molecule has 0 aliphatic heterocycles.